The van der Waals surface area contributed by atoms with Crippen LogP contribution in [0.3, 0.4) is 0 Å². The summed E-state index contributed by atoms with van der Waals surface area (Å²) in [5, 5.41) is 20.0. The fourth-order valence-corrected chi connectivity index (χ4v) is 5.84. The van der Waals surface area contributed by atoms with Crippen molar-refractivity contribution in [2.75, 3.05) is 57.0 Å². The summed E-state index contributed by atoms with van der Waals surface area (Å²) in [5.74, 6) is 0.918. The maximum Gasteiger partial charge on any atom is 0.293 e. The van der Waals surface area contributed by atoms with Gasteiger partial charge in [0.1, 0.15) is 11.6 Å². The number of aromatic nitrogens is 5. The van der Waals surface area contributed by atoms with Gasteiger partial charge in [0.25, 0.3) is 5.91 Å². The fraction of sp³-hybridized carbons (Fsp3) is 0.419. The minimum absolute atomic E-state index is 0.0495. The SMILES string of the molecule is COc1ccc(C=NNC(=O)c2nnn(-c3nonc3N)c2CN2CCC(C)CC2)cc1CN1CCN(c2ccc(F)cc2)CC1. The molecule has 0 aliphatic carbocycles. The maximum absolute atomic E-state index is 13.3. The van der Waals surface area contributed by atoms with E-state index in [2.05, 4.69) is 52.8 Å². The standard InChI is InChI=1S/C31H38FN11O3/c1-21-9-11-40(12-10-21)20-26-28(35-39-43(26)30-29(33)37-46-38-30)31(44)36-34-18-22-3-8-27(45-2)23(17-22)19-41-13-15-42(16-14-41)25-6-4-24(32)5-7-25/h3-8,17-18,21H,9-16,19-20H2,1-2H3,(H2,33,37)(H,36,44). The van der Waals surface area contributed by atoms with Crippen molar-refractivity contribution in [3.05, 3.63) is 70.8 Å². The van der Waals surface area contributed by atoms with Gasteiger partial charge in [-0.05, 0) is 90.2 Å². The molecule has 2 aromatic heterocycles. The number of piperidine rings is 1. The molecule has 0 radical (unpaired) electrons. The number of likely N-dealkylation sites (tertiary alicyclic amines) is 1. The van der Waals surface area contributed by atoms with Gasteiger partial charge in [-0.1, -0.05) is 12.1 Å². The van der Waals surface area contributed by atoms with Crippen LogP contribution in [-0.2, 0) is 13.1 Å². The molecule has 2 aliphatic heterocycles. The van der Waals surface area contributed by atoms with Crippen LogP contribution < -0.4 is 20.8 Å². The Morgan fingerprint density at radius 3 is 2.50 bits per heavy atom. The Hall–Kier alpha value is -4.89. The maximum atomic E-state index is 13.3. The highest BCUT2D eigenvalue weighted by molar-refractivity contribution is 5.94. The lowest BCUT2D eigenvalue weighted by Gasteiger charge is -2.36. The predicted molar refractivity (Wildman–Crippen MR) is 169 cm³/mol. The van der Waals surface area contributed by atoms with E-state index in [0.29, 0.717) is 24.7 Å². The number of ether oxygens (including phenoxy) is 1. The Balaban J connectivity index is 1.11. The molecule has 2 aliphatic rings. The van der Waals surface area contributed by atoms with Gasteiger partial charge < -0.3 is 15.4 Å². The molecule has 6 rings (SSSR count). The van der Waals surface area contributed by atoms with Crippen molar-refractivity contribution in [3.8, 4) is 11.6 Å². The van der Waals surface area contributed by atoms with Crippen LogP contribution in [0.5, 0.6) is 5.75 Å². The summed E-state index contributed by atoms with van der Waals surface area (Å²) < 4.78 is 25.1. The summed E-state index contributed by atoms with van der Waals surface area (Å²) in [7, 11) is 1.65. The Morgan fingerprint density at radius 1 is 1.07 bits per heavy atom. The first-order valence-electron chi connectivity index (χ1n) is 15.4. The van der Waals surface area contributed by atoms with Gasteiger partial charge in [0.2, 0.25) is 11.6 Å². The Kier molecular flexibility index (Phi) is 9.49. The van der Waals surface area contributed by atoms with E-state index in [-0.39, 0.29) is 23.1 Å². The number of nitrogen functional groups attached to an aromatic ring is 1. The van der Waals surface area contributed by atoms with Crippen molar-refractivity contribution in [1.82, 2.24) is 40.5 Å². The van der Waals surface area contributed by atoms with Crippen LogP contribution in [0.25, 0.3) is 5.82 Å². The summed E-state index contributed by atoms with van der Waals surface area (Å²) in [5.41, 5.74) is 12.0. The van der Waals surface area contributed by atoms with Crippen LogP contribution in [0.15, 0.2) is 52.2 Å². The van der Waals surface area contributed by atoms with Crippen molar-refractivity contribution < 1.29 is 18.6 Å². The van der Waals surface area contributed by atoms with Gasteiger partial charge in [0.15, 0.2) is 5.69 Å². The largest absolute Gasteiger partial charge is 0.496 e. The zero-order chi connectivity index (χ0) is 32.0. The lowest BCUT2D eigenvalue weighted by atomic mass is 9.99. The van der Waals surface area contributed by atoms with Crippen molar-refractivity contribution in [2.45, 2.75) is 32.9 Å². The van der Waals surface area contributed by atoms with Crippen LogP contribution in [0.4, 0.5) is 15.9 Å². The molecule has 0 unspecified atom stereocenters. The lowest BCUT2D eigenvalue weighted by Crippen LogP contribution is -2.46. The predicted octanol–water partition coefficient (Wildman–Crippen LogP) is 2.70. The number of hydrogen-bond donors (Lipinski definition) is 2. The molecule has 15 heteroatoms. The molecule has 4 aromatic rings. The van der Waals surface area contributed by atoms with Crippen LogP contribution in [0.1, 0.15) is 47.1 Å². The first-order valence-corrected chi connectivity index (χ1v) is 15.4. The van der Waals surface area contributed by atoms with Gasteiger partial charge in [0, 0.05) is 50.5 Å². The second-order valence-corrected chi connectivity index (χ2v) is 11.7. The molecule has 3 N–H and O–H groups in total. The first-order chi connectivity index (χ1) is 22.4. The van der Waals surface area contributed by atoms with Gasteiger partial charge in [-0.2, -0.15) is 9.78 Å². The van der Waals surface area contributed by atoms with Crippen molar-refractivity contribution in [3.63, 3.8) is 0 Å². The van der Waals surface area contributed by atoms with E-state index in [1.54, 1.807) is 13.3 Å². The average Bonchev–Trinajstić information content (AvgIpc) is 3.68. The van der Waals surface area contributed by atoms with Crippen LogP contribution in [0, 0.1) is 11.7 Å². The minimum Gasteiger partial charge on any atom is -0.496 e. The molecular weight excluding hydrogens is 593 g/mol. The molecular formula is C31H38FN11O3. The number of piperazine rings is 1. The molecule has 4 heterocycles. The number of nitrogens with zero attached hydrogens (tertiary/aromatic N) is 9. The third kappa shape index (κ3) is 7.15. The van der Waals surface area contributed by atoms with Crippen molar-refractivity contribution in [2.24, 2.45) is 11.0 Å². The number of methoxy groups -OCH3 is 1. The second-order valence-electron chi connectivity index (χ2n) is 11.7. The highest BCUT2D eigenvalue weighted by Crippen LogP contribution is 2.24. The van der Waals surface area contributed by atoms with Gasteiger partial charge in [-0.25, -0.2) is 14.4 Å². The summed E-state index contributed by atoms with van der Waals surface area (Å²) in [4.78, 5) is 20.2. The quantitative estimate of drug-likeness (QED) is 0.196. The van der Waals surface area contributed by atoms with Crippen LogP contribution in [0.2, 0.25) is 0 Å². The average molecular weight is 632 g/mol. The van der Waals surface area contributed by atoms with Crippen LogP contribution in [-0.4, -0.2) is 93.6 Å². The molecule has 1 amide bonds. The molecule has 0 atom stereocenters. The number of nitrogens with two attached hydrogens (primary N) is 1. The Bertz CT molecular complexity index is 1660. The monoisotopic (exact) mass is 631 g/mol. The minimum atomic E-state index is -0.509. The van der Waals surface area contributed by atoms with E-state index in [0.717, 1.165) is 74.7 Å². The number of hydrogen-bond acceptors (Lipinski definition) is 12. The number of nitrogens with one attached hydrogen (secondary N) is 1. The normalized spacial score (nSPS) is 16.7. The van der Waals surface area contributed by atoms with Crippen molar-refractivity contribution >= 4 is 23.6 Å². The topological polar surface area (TPSA) is 156 Å². The third-order valence-corrected chi connectivity index (χ3v) is 8.57. The fourth-order valence-electron chi connectivity index (χ4n) is 5.84. The number of hydrazone groups is 1. The number of anilines is 2. The highest BCUT2D eigenvalue weighted by Gasteiger charge is 2.27. The second kappa shape index (κ2) is 14.0. The van der Waals surface area contributed by atoms with E-state index >= 15 is 0 Å². The molecule has 2 aromatic carbocycles. The zero-order valence-electron chi connectivity index (χ0n) is 26.0. The molecule has 0 spiro atoms. The molecule has 0 bridgehead atoms. The number of benzene rings is 2. The number of halogens is 1. The van der Waals surface area contributed by atoms with Crippen LogP contribution >= 0.6 is 0 Å². The van der Waals surface area contributed by atoms with Gasteiger partial charge in [0.05, 0.1) is 19.0 Å². The van der Waals surface area contributed by atoms with E-state index in [1.165, 1.54) is 16.8 Å². The van der Waals surface area contributed by atoms with Gasteiger partial charge >= 0.3 is 0 Å². The van der Waals surface area contributed by atoms with E-state index in [4.69, 9.17) is 15.1 Å². The molecule has 242 valence electrons. The lowest BCUT2D eigenvalue weighted by molar-refractivity contribution is 0.0946. The highest BCUT2D eigenvalue weighted by atomic mass is 19.1. The number of carbonyl (C=O) groups is 1. The van der Waals surface area contributed by atoms with Gasteiger partial charge in [-0.3, -0.25) is 14.6 Å². The zero-order valence-corrected chi connectivity index (χ0v) is 26.0. The molecule has 14 nitrogen and oxygen atoms in total. The molecule has 2 fully saturated rings. The summed E-state index contributed by atoms with van der Waals surface area (Å²) in [6.07, 6.45) is 3.72. The van der Waals surface area contributed by atoms with E-state index < -0.39 is 5.91 Å². The Morgan fingerprint density at radius 2 is 1.80 bits per heavy atom. The summed E-state index contributed by atoms with van der Waals surface area (Å²) in [6.45, 7) is 8.52. The third-order valence-electron chi connectivity index (χ3n) is 8.57. The van der Waals surface area contributed by atoms with E-state index in [9.17, 15) is 9.18 Å². The summed E-state index contributed by atoms with van der Waals surface area (Å²) in [6, 6.07) is 12.4. The smallest absolute Gasteiger partial charge is 0.293 e. The van der Waals surface area contributed by atoms with Crippen molar-refractivity contribution in [1.29, 1.82) is 0 Å². The first kappa shape index (κ1) is 31.1. The molecule has 46 heavy (non-hydrogen) atoms. The Labute approximate surface area is 265 Å². The van der Waals surface area contributed by atoms with Gasteiger partial charge in [-0.15, -0.1) is 5.10 Å². The summed E-state index contributed by atoms with van der Waals surface area (Å²) >= 11 is 0. The number of amides is 1. The number of carbonyl (C=O) groups excluding carboxylic acids is 1. The number of rotatable bonds is 10. The molecule has 0 saturated carbocycles. The molecule has 2 saturated heterocycles. The van der Waals surface area contributed by atoms with E-state index in [1.807, 2.05) is 30.3 Å².